The third-order valence-corrected chi connectivity index (χ3v) is 1.79. The van der Waals surface area contributed by atoms with Gasteiger partial charge in [-0.2, -0.15) is 0 Å². The molecule has 0 atom stereocenters. The van der Waals surface area contributed by atoms with Crippen molar-refractivity contribution in [3.8, 4) is 0 Å². The third-order valence-electron chi connectivity index (χ3n) is 1.79. The molecule has 0 aliphatic carbocycles. The molecule has 0 bridgehead atoms. The highest BCUT2D eigenvalue weighted by molar-refractivity contribution is 6.61. The smallest absolute Gasteiger partial charge is 0.529 e. The molecule has 0 N–H and O–H groups in total. The average molecular weight is 219 g/mol. The van der Waals surface area contributed by atoms with E-state index in [1.165, 1.54) is 24.7 Å². The van der Waals surface area contributed by atoms with Crippen LogP contribution in [-0.2, 0) is 9.31 Å². The fourth-order valence-electron chi connectivity index (χ4n) is 1.15. The molecule has 0 fully saturated rings. The standard InChI is InChI=1S/C10H10BNO4/c1-3-15-11(16-4-2)9-6-5-7-10(8-9)12(13)14/h3-8H,1-2H2. The fraction of sp³-hybridized carbons (Fsp3) is 0. The Bertz CT molecular complexity index is 398. The third kappa shape index (κ3) is 2.88. The van der Waals surface area contributed by atoms with Gasteiger partial charge in [-0.1, -0.05) is 25.3 Å². The van der Waals surface area contributed by atoms with Gasteiger partial charge in [0.1, 0.15) is 0 Å². The zero-order valence-corrected chi connectivity index (χ0v) is 8.54. The van der Waals surface area contributed by atoms with Crippen molar-refractivity contribution in [3.63, 3.8) is 0 Å². The second kappa shape index (κ2) is 5.60. The minimum Gasteiger partial charge on any atom is -0.529 e. The van der Waals surface area contributed by atoms with Crippen molar-refractivity contribution in [3.05, 3.63) is 60.1 Å². The van der Waals surface area contributed by atoms with E-state index in [1.807, 2.05) is 0 Å². The Labute approximate surface area is 93.3 Å². The molecule has 0 saturated heterocycles. The zero-order chi connectivity index (χ0) is 12.0. The Morgan fingerprint density at radius 2 is 1.94 bits per heavy atom. The van der Waals surface area contributed by atoms with Crippen LogP contribution in [0.4, 0.5) is 5.69 Å². The summed E-state index contributed by atoms with van der Waals surface area (Å²) in [6, 6.07) is 5.98. The lowest BCUT2D eigenvalue weighted by Gasteiger charge is -2.10. The molecule has 1 aromatic rings. The summed E-state index contributed by atoms with van der Waals surface area (Å²) in [7, 11) is -0.769. The van der Waals surface area contributed by atoms with Crippen LogP contribution in [0.5, 0.6) is 0 Å². The maximum absolute atomic E-state index is 10.6. The lowest BCUT2D eigenvalue weighted by Crippen LogP contribution is -2.33. The Morgan fingerprint density at radius 1 is 1.31 bits per heavy atom. The number of hydrogen-bond acceptors (Lipinski definition) is 4. The van der Waals surface area contributed by atoms with Gasteiger partial charge in [-0.3, -0.25) is 10.1 Å². The highest BCUT2D eigenvalue weighted by Crippen LogP contribution is 2.08. The minimum atomic E-state index is -0.769. The minimum absolute atomic E-state index is 0.0252. The summed E-state index contributed by atoms with van der Waals surface area (Å²) in [5.74, 6) is 0. The Morgan fingerprint density at radius 3 is 2.44 bits per heavy atom. The number of nitrogens with zero attached hydrogens (tertiary/aromatic N) is 1. The number of hydrogen-bond donors (Lipinski definition) is 0. The van der Waals surface area contributed by atoms with Gasteiger partial charge in [0.15, 0.2) is 0 Å². The molecule has 0 aliphatic rings. The molecule has 0 aromatic heterocycles. The van der Waals surface area contributed by atoms with Crippen LogP contribution in [0.15, 0.2) is 49.9 Å². The van der Waals surface area contributed by atoms with Crippen molar-refractivity contribution < 1.29 is 14.2 Å². The number of rotatable bonds is 6. The molecule has 0 unspecified atom stereocenters. The van der Waals surface area contributed by atoms with E-state index in [0.29, 0.717) is 5.46 Å². The van der Waals surface area contributed by atoms with Crippen LogP contribution in [0.25, 0.3) is 0 Å². The van der Waals surface area contributed by atoms with Gasteiger partial charge in [-0.15, -0.1) is 0 Å². The summed E-state index contributed by atoms with van der Waals surface area (Å²) in [6.07, 6.45) is 2.40. The van der Waals surface area contributed by atoms with E-state index >= 15 is 0 Å². The second-order valence-electron chi connectivity index (χ2n) is 2.79. The van der Waals surface area contributed by atoms with Gasteiger partial charge in [0.2, 0.25) is 0 Å². The van der Waals surface area contributed by atoms with E-state index in [4.69, 9.17) is 9.31 Å². The first-order valence-corrected chi connectivity index (χ1v) is 4.46. The molecule has 1 rings (SSSR count). The molecule has 0 heterocycles. The molecule has 16 heavy (non-hydrogen) atoms. The summed E-state index contributed by atoms with van der Waals surface area (Å²) in [5, 5.41) is 10.6. The Kier molecular flexibility index (Phi) is 4.14. The lowest BCUT2D eigenvalue weighted by atomic mass is 9.79. The van der Waals surface area contributed by atoms with Gasteiger partial charge in [0.05, 0.1) is 17.4 Å². The van der Waals surface area contributed by atoms with Crippen LogP contribution >= 0.6 is 0 Å². The summed E-state index contributed by atoms with van der Waals surface area (Å²) in [6.45, 7) is 6.79. The topological polar surface area (TPSA) is 61.6 Å². The van der Waals surface area contributed by atoms with Gasteiger partial charge in [0, 0.05) is 17.6 Å². The summed E-state index contributed by atoms with van der Waals surface area (Å²) < 4.78 is 10.1. The van der Waals surface area contributed by atoms with E-state index < -0.39 is 12.0 Å². The molecule has 0 aliphatic heterocycles. The van der Waals surface area contributed by atoms with Crippen molar-refractivity contribution >= 4 is 18.3 Å². The van der Waals surface area contributed by atoms with Crippen LogP contribution in [0, 0.1) is 10.1 Å². The van der Waals surface area contributed by atoms with Gasteiger partial charge in [-0.25, -0.2) is 0 Å². The van der Waals surface area contributed by atoms with Gasteiger partial charge < -0.3 is 9.31 Å². The van der Waals surface area contributed by atoms with E-state index in [-0.39, 0.29) is 5.69 Å². The van der Waals surface area contributed by atoms with Crippen LogP contribution in [-0.4, -0.2) is 12.0 Å². The summed E-state index contributed by atoms with van der Waals surface area (Å²) >= 11 is 0. The fourth-order valence-corrected chi connectivity index (χ4v) is 1.15. The largest absolute Gasteiger partial charge is 0.632 e. The van der Waals surface area contributed by atoms with Gasteiger partial charge in [0.25, 0.3) is 5.69 Å². The van der Waals surface area contributed by atoms with Crippen molar-refractivity contribution in [2.45, 2.75) is 0 Å². The van der Waals surface area contributed by atoms with E-state index in [2.05, 4.69) is 13.2 Å². The Hall–Kier alpha value is -2.24. The molecule has 82 valence electrons. The molecule has 0 saturated carbocycles. The lowest BCUT2D eigenvalue weighted by molar-refractivity contribution is -0.384. The maximum Gasteiger partial charge on any atom is 0.632 e. The van der Waals surface area contributed by atoms with Crippen molar-refractivity contribution in [1.29, 1.82) is 0 Å². The number of non-ortho nitro benzene ring substituents is 1. The summed E-state index contributed by atoms with van der Waals surface area (Å²) in [4.78, 5) is 10.1. The normalized spacial score (nSPS) is 9.00. The molecule has 1 aromatic carbocycles. The van der Waals surface area contributed by atoms with Crippen LogP contribution in [0.3, 0.4) is 0 Å². The average Bonchev–Trinajstić information content (AvgIpc) is 2.29. The van der Waals surface area contributed by atoms with E-state index in [1.54, 1.807) is 12.1 Å². The molecular formula is C10H10BNO4. The highest BCUT2D eigenvalue weighted by Gasteiger charge is 2.24. The Balaban J connectivity index is 2.98. The second-order valence-corrected chi connectivity index (χ2v) is 2.79. The van der Waals surface area contributed by atoms with Gasteiger partial charge >= 0.3 is 7.12 Å². The van der Waals surface area contributed by atoms with Crippen molar-refractivity contribution in [1.82, 2.24) is 0 Å². The maximum atomic E-state index is 10.6. The number of benzene rings is 1. The molecule has 0 spiro atoms. The van der Waals surface area contributed by atoms with Crippen LogP contribution in [0.1, 0.15) is 0 Å². The molecule has 6 heteroatoms. The SMILES string of the molecule is C=COB(OC=C)c1cccc([N+](=O)[O-])c1. The first-order valence-electron chi connectivity index (χ1n) is 4.46. The van der Waals surface area contributed by atoms with Crippen molar-refractivity contribution in [2.75, 3.05) is 0 Å². The highest BCUT2D eigenvalue weighted by atomic mass is 16.6. The van der Waals surface area contributed by atoms with Crippen LogP contribution < -0.4 is 5.46 Å². The molecular weight excluding hydrogens is 209 g/mol. The quantitative estimate of drug-likeness (QED) is 0.315. The first kappa shape index (κ1) is 11.8. The predicted molar refractivity (Wildman–Crippen MR) is 61.0 cm³/mol. The van der Waals surface area contributed by atoms with E-state index in [9.17, 15) is 10.1 Å². The number of nitro benzene ring substituents is 1. The molecule has 5 nitrogen and oxygen atoms in total. The summed E-state index contributed by atoms with van der Waals surface area (Å²) in [5.41, 5.74) is 0.497. The first-order chi connectivity index (χ1) is 7.69. The van der Waals surface area contributed by atoms with Crippen molar-refractivity contribution in [2.24, 2.45) is 0 Å². The van der Waals surface area contributed by atoms with E-state index in [0.717, 1.165) is 0 Å². The predicted octanol–water partition coefficient (Wildman–Crippen LogP) is 1.61. The molecule has 0 radical (unpaired) electrons. The molecule has 0 amide bonds. The zero-order valence-electron chi connectivity index (χ0n) is 8.54. The monoisotopic (exact) mass is 219 g/mol. The van der Waals surface area contributed by atoms with Gasteiger partial charge in [-0.05, 0) is 0 Å². The number of nitro groups is 1. The van der Waals surface area contributed by atoms with Crippen LogP contribution in [0.2, 0.25) is 0 Å².